The molecule has 1 aliphatic rings. The van der Waals surface area contributed by atoms with Crippen molar-refractivity contribution in [3.63, 3.8) is 0 Å². The molecule has 0 bridgehead atoms. The lowest BCUT2D eigenvalue weighted by atomic mass is 10.2. The van der Waals surface area contributed by atoms with Crippen molar-refractivity contribution < 1.29 is 13.2 Å². The standard InChI is InChI=1S/C8H12O3S/c9-6-2-1-4-8-5-3-7-12(8,10)11/h1-2,6,8H,3-5,7H2/b2-1-. The molecule has 1 fully saturated rings. The SMILES string of the molecule is O=C/C=C\CC1CCCS1(=O)=O. The maximum atomic E-state index is 11.2. The van der Waals surface area contributed by atoms with Gasteiger partial charge in [0.2, 0.25) is 0 Å². The van der Waals surface area contributed by atoms with Crippen LogP contribution in [0.25, 0.3) is 0 Å². The highest BCUT2D eigenvalue weighted by Crippen LogP contribution is 2.22. The molecule has 1 atom stereocenters. The summed E-state index contributed by atoms with van der Waals surface area (Å²) in [6, 6.07) is 0. The van der Waals surface area contributed by atoms with Gasteiger partial charge in [-0.15, -0.1) is 0 Å². The molecule has 1 saturated heterocycles. The highest BCUT2D eigenvalue weighted by atomic mass is 32.2. The van der Waals surface area contributed by atoms with Gasteiger partial charge < -0.3 is 0 Å². The fourth-order valence-corrected chi connectivity index (χ4v) is 3.24. The largest absolute Gasteiger partial charge is 0.299 e. The van der Waals surface area contributed by atoms with E-state index in [4.69, 9.17) is 0 Å². The Labute approximate surface area is 72.4 Å². The number of allylic oxidation sites excluding steroid dienone is 2. The average Bonchev–Trinajstić information content (AvgIpc) is 2.32. The van der Waals surface area contributed by atoms with Gasteiger partial charge >= 0.3 is 0 Å². The number of sulfone groups is 1. The van der Waals surface area contributed by atoms with Gasteiger partial charge in [-0.1, -0.05) is 6.08 Å². The van der Waals surface area contributed by atoms with Crippen LogP contribution < -0.4 is 0 Å². The molecule has 1 heterocycles. The van der Waals surface area contributed by atoms with Gasteiger partial charge in [0.1, 0.15) is 6.29 Å². The van der Waals surface area contributed by atoms with E-state index in [2.05, 4.69) is 0 Å². The van der Waals surface area contributed by atoms with Gasteiger partial charge in [-0.2, -0.15) is 0 Å². The minimum absolute atomic E-state index is 0.242. The first-order chi connectivity index (χ1) is 5.67. The second-order valence-electron chi connectivity index (χ2n) is 2.93. The number of rotatable bonds is 3. The van der Waals surface area contributed by atoms with Crippen molar-refractivity contribution in [3.8, 4) is 0 Å². The van der Waals surface area contributed by atoms with Crippen LogP contribution in [0.4, 0.5) is 0 Å². The van der Waals surface area contributed by atoms with Crippen LogP contribution >= 0.6 is 0 Å². The molecular weight excluding hydrogens is 176 g/mol. The second kappa shape index (κ2) is 3.85. The molecule has 1 unspecified atom stereocenters. The maximum Gasteiger partial charge on any atom is 0.153 e. The molecule has 0 N–H and O–H groups in total. The predicted molar refractivity (Wildman–Crippen MR) is 46.6 cm³/mol. The zero-order chi connectivity index (χ0) is 9.03. The van der Waals surface area contributed by atoms with Gasteiger partial charge in [0.25, 0.3) is 0 Å². The Balaban J connectivity index is 2.53. The Kier molecular flexibility index (Phi) is 3.03. The van der Waals surface area contributed by atoms with Crippen molar-refractivity contribution in [1.29, 1.82) is 0 Å². The lowest BCUT2D eigenvalue weighted by molar-refractivity contribution is -0.104. The van der Waals surface area contributed by atoms with E-state index >= 15 is 0 Å². The Morgan fingerprint density at radius 1 is 1.42 bits per heavy atom. The summed E-state index contributed by atoms with van der Waals surface area (Å²) >= 11 is 0. The Morgan fingerprint density at radius 3 is 2.67 bits per heavy atom. The minimum Gasteiger partial charge on any atom is -0.299 e. The van der Waals surface area contributed by atoms with Crippen LogP contribution in [0.15, 0.2) is 12.2 Å². The zero-order valence-electron chi connectivity index (χ0n) is 6.77. The molecule has 0 aliphatic carbocycles. The maximum absolute atomic E-state index is 11.2. The fraction of sp³-hybridized carbons (Fsp3) is 0.625. The number of hydrogen-bond donors (Lipinski definition) is 0. The number of aldehydes is 1. The minimum atomic E-state index is -2.83. The van der Waals surface area contributed by atoms with E-state index in [9.17, 15) is 13.2 Å². The number of carbonyl (C=O) groups is 1. The Morgan fingerprint density at radius 2 is 2.17 bits per heavy atom. The molecule has 0 amide bonds. The van der Waals surface area contributed by atoms with E-state index in [0.717, 1.165) is 12.8 Å². The molecule has 0 spiro atoms. The Bertz CT molecular complexity index is 277. The summed E-state index contributed by atoms with van der Waals surface area (Å²) in [6.07, 6.45) is 5.64. The van der Waals surface area contributed by atoms with Crippen molar-refractivity contribution in [2.45, 2.75) is 24.5 Å². The summed E-state index contributed by atoms with van der Waals surface area (Å²) < 4.78 is 22.5. The molecule has 0 aromatic carbocycles. The number of hydrogen-bond acceptors (Lipinski definition) is 3. The molecule has 3 nitrogen and oxygen atoms in total. The van der Waals surface area contributed by atoms with Crippen LogP contribution in [-0.2, 0) is 14.6 Å². The summed E-state index contributed by atoms with van der Waals surface area (Å²) in [4.78, 5) is 9.90. The summed E-state index contributed by atoms with van der Waals surface area (Å²) in [7, 11) is -2.83. The number of carbonyl (C=O) groups excluding carboxylic acids is 1. The molecule has 1 rings (SSSR count). The summed E-state index contributed by atoms with van der Waals surface area (Å²) in [5, 5.41) is -0.242. The third kappa shape index (κ3) is 2.17. The van der Waals surface area contributed by atoms with Crippen molar-refractivity contribution in [3.05, 3.63) is 12.2 Å². The van der Waals surface area contributed by atoms with Crippen LogP contribution in [-0.4, -0.2) is 25.7 Å². The molecule has 68 valence electrons. The van der Waals surface area contributed by atoms with E-state index in [-0.39, 0.29) is 5.25 Å². The van der Waals surface area contributed by atoms with Crippen molar-refractivity contribution in [2.24, 2.45) is 0 Å². The first-order valence-corrected chi connectivity index (χ1v) is 5.70. The normalized spacial score (nSPS) is 27.8. The van der Waals surface area contributed by atoms with Crippen molar-refractivity contribution in [2.75, 3.05) is 5.75 Å². The first-order valence-electron chi connectivity index (χ1n) is 3.98. The molecule has 0 aromatic heterocycles. The third-order valence-electron chi connectivity index (χ3n) is 2.08. The first kappa shape index (κ1) is 9.45. The van der Waals surface area contributed by atoms with Crippen LogP contribution in [0.3, 0.4) is 0 Å². The van der Waals surface area contributed by atoms with Crippen molar-refractivity contribution >= 4 is 16.1 Å². The van der Waals surface area contributed by atoms with Gasteiger partial charge in [-0.25, -0.2) is 8.42 Å². The van der Waals surface area contributed by atoms with Crippen LogP contribution in [0.2, 0.25) is 0 Å². The smallest absolute Gasteiger partial charge is 0.153 e. The lowest BCUT2D eigenvalue weighted by Gasteiger charge is -2.03. The van der Waals surface area contributed by atoms with Gasteiger partial charge in [0.15, 0.2) is 9.84 Å². The summed E-state index contributed by atoms with van der Waals surface area (Å²) in [5.74, 6) is 0.312. The van der Waals surface area contributed by atoms with E-state index < -0.39 is 9.84 Å². The summed E-state index contributed by atoms with van der Waals surface area (Å²) in [6.45, 7) is 0. The lowest BCUT2D eigenvalue weighted by Crippen LogP contribution is -2.14. The van der Waals surface area contributed by atoms with Crippen LogP contribution in [0.1, 0.15) is 19.3 Å². The molecular formula is C8H12O3S. The van der Waals surface area contributed by atoms with Gasteiger partial charge in [-0.05, 0) is 25.3 Å². The molecule has 4 heteroatoms. The molecule has 0 radical (unpaired) electrons. The second-order valence-corrected chi connectivity index (χ2v) is 5.33. The third-order valence-corrected chi connectivity index (χ3v) is 4.38. The molecule has 12 heavy (non-hydrogen) atoms. The van der Waals surface area contributed by atoms with Gasteiger partial charge in [0, 0.05) is 0 Å². The van der Waals surface area contributed by atoms with Crippen LogP contribution in [0, 0.1) is 0 Å². The average molecular weight is 188 g/mol. The molecule has 0 saturated carbocycles. The van der Waals surface area contributed by atoms with E-state index in [0.29, 0.717) is 18.5 Å². The quantitative estimate of drug-likeness (QED) is 0.484. The van der Waals surface area contributed by atoms with E-state index in [1.54, 1.807) is 6.08 Å². The predicted octanol–water partition coefficient (Wildman–Crippen LogP) is 0.709. The fourth-order valence-electron chi connectivity index (χ4n) is 1.41. The monoisotopic (exact) mass is 188 g/mol. The zero-order valence-corrected chi connectivity index (χ0v) is 7.59. The highest BCUT2D eigenvalue weighted by molar-refractivity contribution is 7.92. The van der Waals surface area contributed by atoms with E-state index in [1.807, 2.05) is 0 Å². The van der Waals surface area contributed by atoms with E-state index in [1.165, 1.54) is 6.08 Å². The Hall–Kier alpha value is -0.640. The van der Waals surface area contributed by atoms with Gasteiger partial charge in [0.05, 0.1) is 11.0 Å². The molecule has 1 aliphatic heterocycles. The van der Waals surface area contributed by atoms with Gasteiger partial charge in [-0.3, -0.25) is 4.79 Å². The van der Waals surface area contributed by atoms with Crippen molar-refractivity contribution in [1.82, 2.24) is 0 Å². The highest BCUT2D eigenvalue weighted by Gasteiger charge is 2.29. The molecule has 0 aromatic rings. The topological polar surface area (TPSA) is 51.2 Å². The van der Waals surface area contributed by atoms with Crippen LogP contribution in [0.5, 0.6) is 0 Å². The summed E-state index contributed by atoms with van der Waals surface area (Å²) in [5.41, 5.74) is 0.